The third-order valence-electron chi connectivity index (χ3n) is 4.07. The largest absolute Gasteiger partial charge is 0.490 e. The van der Waals surface area contributed by atoms with E-state index < -0.39 is 4.92 Å². The summed E-state index contributed by atoms with van der Waals surface area (Å²) in [6, 6.07) is 12.9. The quantitative estimate of drug-likeness (QED) is 0.278. The second kappa shape index (κ2) is 8.86. The number of aryl methyl sites for hydroxylation is 1. The van der Waals surface area contributed by atoms with E-state index in [1.54, 1.807) is 6.92 Å². The van der Waals surface area contributed by atoms with E-state index in [4.69, 9.17) is 4.74 Å². The van der Waals surface area contributed by atoms with Crippen molar-refractivity contribution in [2.24, 2.45) is 0 Å². The normalized spacial score (nSPS) is 11.0. The fourth-order valence-corrected chi connectivity index (χ4v) is 3.80. The lowest BCUT2D eigenvalue weighted by molar-refractivity contribution is -0.385. The number of allylic oxidation sites excluding steroid dienone is 1. The second-order valence-electron chi connectivity index (χ2n) is 5.96. The first kappa shape index (κ1) is 20.5. The van der Waals surface area contributed by atoms with Crippen molar-refractivity contribution < 1.29 is 9.66 Å². The molecule has 0 bridgehead atoms. The number of ether oxygens (including phenoxy) is 1. The zero-order valence-corrected chi connectivity index (χ0v) is 17.9. The summed E-state index contributed by atoms with van der Waals surface area (Å²) in [4.78, 5) is 15.2. The summed E-state index contributed by atoms with van der Waals surface area (Å²) in [5.41, 5.74) is 3.22. The number of hydrogen-bond acceptors (Lipinski definition) is 7. The van der Waals surface area contributed by atoms with Crippen LogP contribution in [0.4, 0.5) is 11.4 Å². The van der Waals surface area contributed by atoms with E-state index in [0.717, 1.165) is 15.7 Å². The smallest absolute Gasteiger partial charge is 0.311 e. The van der Waals surface area contributed by atoms with Gasteiger partial charge in [0.15, 0.2) is 5.75 Å². The number of nitro benzene ring substituents is 1. The number of aromatic nitrogens is 1. The highest BCUT2D eigenvalue weighted by Gasteiger charge is 2.17. The molecule has 0 radical (unpaired) electrons. The molecule has 3 rings (SSSR count). The minimum Gasteiger partial charge on any atom is -0.490 e. The van der Waals surface area contributed by atoms with Gasteiger partial charge in [-0.05, 0) is 24.6 Å². The number of halogens is 1. The van der Waals surface area contributed by atoms with Gasteiger partial charge in [-0.15, -0.1) is 11.3 Å². The maximum absolute atomic E-state index is 11.1. The summed E-state index contributed by atoms with van der Waals surface area (Å²) in [6.45, 7) is 1.74. The Balaban J connectivity index is 1.88. The summed E-state index contributed by atoms with van der Waals surface area (Å²) in [7, 11) is 1.37. The molecule has 0 aliphatic carbocycles. The summed E-state index contributed by atoms with van der Waals surface area (Å²) in [5.74, 6) is 0.140. The van der Waals surface area contributed by atoms with E-state index in [1.807, 2.05) is 29.6 Å². The van der Waals surface area contributed by atoms with Gasteiger partial charge in [0.25, 0.3) is 0 Å². The Kier molecular flexibility index (Phi) is 6.26. The summed E-state index contributed by atoms with van der Waals surface area (Å²) < 4.78 is 6.05. The number of nitriles is 1. The predicted molar refractivity (Wildman–Crippen MR) is 117 cm³/mol. The Morgan fingerprint density at radius 1 is 1.41 bits per heavy atom. The van der Waals surface area contributed by atoms with Crippen LogP contribution in [0.25, 0.3) is 16.8 Å². The average molecular weight is 471 g/mol. The summed E-state index contributed by atoms with van der Waals surface area (Å²) >= 11 is 4.81. The van der Waals surface area contributed by atoms with Crippen LogP contribution in [0.2, 0.25) is 0 Å². The van der Waals surface area contributed by atoms with Crippen LogP contribution in [-0.2, 0) is 0 Å². The standard InChI is InChI=1S/C20H15BrN4O3S/c1-12-6-18(25(26)27)19(28-2)8-16(12)23-10-14(9-22)20-24-17(11-29-20)13-4-3-5-15(21)7-13/h3-8,10-11,23H,1-2H3. The summed E-state index contributed by atoms with van der Waals surface area (Å²) in [6.07, 6.45) is 1.54. The van der Waals surface area contributed by atoms with Gasteiger partial charge in [0, 0.05) is 39.4 Å². The molecule has 1 N–H and O–H groups in total. The molecule has 146 valence electrons. The van der Waals surface area contributed by atoms with Crippen molar-refractivity contribution in [3.63, 3.8) is 0 Å². The molecule has 2 aromatic carbocycles. The van der Waals surface area contributed by atoms with E-state index in [0.29, 0.717) is 21.8 Å². The van der Waals surface area contributed by atoms with Crippen molar-refractivity contribution in [1.29, 1.82) is 5.26 Å². The number of nitrogens with one attached hydrogen (secondary N) is 1. The first-order chi connectivity index (χ1) is 13.9. The van der Waals surface area contributed by atoms with Crippen LogP contribution in [0.15, 0.2) is 52.5 Å². The van der Waals surface area contributed by atoms with Crippen molar-refractivity contribution in [3.05, 3.63) is 73.1 Å². The monoisotopic (exact) mass is 470 g/mol. The molecule has 0 unspecified atom stereocenters. The Bertz CT molecular complexity index is 1150. The van der Waals surface area contributed by atoms with Crippen molar-refractivity contribution in [3.8, 4) is 23.1 Å². The number of benzene rings is 2. The molecule has 9 heteroatoms. The van der Waals surface area contributed by atoms with Gasteiger partial charge in [0.05, 0.1) is 17.7 Å². The van der Waals surface area contributed by atoms with Gasteiger partial charge in [-0.3, -0.25) is 10.1 Å². The predicted octanol–water partition coefficient (Wildman–Crippen LogP) is 5.77. The SMILES string of the molecule is COc1cc(NC=C(C#N)c2nc(-c3cccc(Br)c3)cs2)c(C)cc1[N+](=O)[O-]. The molecule has 0 aliphatic rings. The minimum absolute atomic E-state index is 0.112. The Morgan fingerprint density at radius 3 is 2.86 bits per heavy atom. The topological polar surface area (TPSA) is 101 Å². The van der Waals surface area contributed by atoms with Crippen molar-refractivity contribution >= 4 is 44.2 Å². The van der Waals surface area contributed by atoms with Crippen LogP contribution in [0.5, 0.6) is 5.75 Å². The van der Waals surface area contributed by atoms with Crippen LogP contribution >= 0.6 is 27.3 Å². The van der Waals surface area contributed by atoms with Gasteiger partial charge >= 0.3 is 5.69 Å². The highest BCUT2D eigenvalue weighted by molar-refractivity contribution is 9.10. The third-order valence-corrected chi connectivity index (χ3v) is 5.44. The third kappa shape index (κ3) is 4.62. The van der Waals surface area contributed by atoms with E-state index in [9.17, 15) is 15.4 Å². The lowest BCUT2D eigenvalue weighted by Gasteiger charge is -2.09. The van der Waals surface area contributed by atoms with Crippen molar-refractivity contribution in [2.75, 3.05) is 12.4 Å². The van der Waals surface area contributed by atoms with Crippen LogP contribution in [-0.4, -0.2) is 17.0 Å². The number of thiazole rings is 1. The van der Waals surface area contributed by atoms with Gasteiger partial charge in [-0.1, -0.05) is 28.1 Å². The Morgan fingerprint density at radius 2 is 2.21 bits per heavy atom. The Labute approximate surface area is 179 Å². The Hall–Kier alpha value is -3.22. The molecule has 0 saturated heterocycles. The molecule has 29 heavy (non-hydrogen) atoms. The molecule has 0 spiro atoms. The lowest BCUT2D eigenvalue weighted by atomic mass is 10.1. The van der Waals surface area contributed by atoms with Crippen LogP contribution in [0, 0.1) is 28.4 Å². The minimum atomic E-state index is -0.495. The number of methoxy groups -OCH3 is 1. The molecule has 0 saturated carbocycles. The number of rotatable bonds is 6. The van der Waals surface area contributed by atoms with Crippen molar-refractivity contribution in [1.82, 2.24) is 4.98 Å². The second-order valence-corrected chi connectivity index (χ2v) is 7.73. The highest BCUT2D eigenvalue weighted by atomic mass is 79.9. The molecule has 3 aromatic rings. The molecular formula is C20H15BrN4O3S. The molecule has 7 nitrogen and oxygen atoms in total. The van der Waals surface area contributed by atoms with Crippen LogP contribution < -0.4 is 10.1 Å². The molecule has 1 aromatic heterocycles. The van der Waals surface area contributed by atoms with E-state index in [-0.39, 0.29) is 11.4 Å². The number of anilines is 1. The maximum atomic E-state index is 11.1. The zero-order chi connectivity index (χ0) is 21.0. The van der Waals surface area contributed by atoms with Gasteiger partial charge in [0.2, 0.25) is 0 Å². The maximum Gasteiger partial charge on any atom is 0.311 e. The first-order valence-corrected chi connectivity index (χ1v) is 10.0. The molecule has 1 heterocycles. The summed E-state index contributed by atoms with van der Waals surface area (Å²) in [5, 5.41) is 26.2. The number of nitrogens with zero attached hydrogens (tertiary/aromatic N) is 3. The molecule has 0 aliphatic heterocycles. The van der Waals surface area contributed by atoms with Crippen LogP contribution in [0.3, 0.4) is 0 Å². The van der Waals surface area contributed by atoms with E-state index >= 15 is 0 Å². The first-order valence-electron chi connectivity index (χ1n) is 8.34. The molecule has 0 fully saturated rings. The van der Waals surface area contributed by atoms with E-state index in [2.05, 4.69) is 32.3 Å². The fraction of sp³-hybridized carbons (Fsp3) is 0.100. The van der Waals surface area contributed by atoms with Gasteiger partial charge < -0.3 is 10.1 Å². The van der Waals surface area contributed by atoms with Gasteiger partial charge in [-0.25, -0.2) is 4.98 Å². The highest BCUT2D eigenvalue weighted by Crippen LogP contribution is 2.33. The molecular weight excluding hydrogens is 456 g/mol. The molecule has 0 atom stereocenters. The van der Waals surface area contributed by atoms with Crippen LogP contribution in [0.1, 0.15) is 10.6 Å². The van der Waals surface area contributed by atoms with Gasteiger partial charge in [0.1, 0.15) is 16.6 Å². The molecule has 0 amide bonds. The zero-order valence-electron chi connectivity index (χ0n) is 15.5. The van der Waals surface area contributed by atoms with Crippen molar-refractivity contribution in [2.45, 2.75) is 6.92 Å². The fourth-order valence-electron chi connectivity index (χ4n) is 2.60. The average Bonchev–Trinajstić information content (AvgIpc) is 3.19. The van der Waals surface area contributed by atoms with E-state index in [1.165, 1.54) is 36.8 Å². The lowest BCUT2D eigenvalue weighted by Crippen LogP contribution is -1.99. The number of nitro groups is 1. The van der Waals surface area contributed by atoms with Gasteiger partial charge in [-0.2, -0.15) is 5.26 Å². The number of hydrogen-bond donors (Lipinski definition) is 1.